The number of carbonyl (C=O) groups excluding carboxylic acids is 1. The summed E-state index contributed by atoms with van der Waals surface area (Å²) in [5, 5.41) is 0. The van der Waals surface area contributed by atoms with Crippen LogP contribution in [0.25, 0.3) is 0 Å². The molecule has 1 N–H and O–H groups in total. The second-order valence-corrected chi connectivity index (χ2v) is 9.88. The van der Waals surface area contributed by atoms with Gasteiger partial charge in [-0.15, -0.1) is 11.8 Å². The Morgan fingerprint density at radius 1 is 1.28 bits per heavy atom. The van der Waals surface area contributed by atoms with Crippen LogP contribution >= 0.6 is 11.8 Å². The zero-order chi connectivity index (χ0) is 17.9. The van der Waals surface area contributed by atoms with Crippen LogP contribution in [-0.2, 0) is 14.6 Å². The summed E-state index contributed by atoms with van der Waals surface area (Å²) in [5.74, 6) is 2.02. The van der Waals surface area contributed by atoms with Gasteiger partial charge in [0.15, 0.2) is 9.84 Å². The number of thioether (sulfide) groups is 1. The molecule has 2 aliphatic rings. The molecule has 25 heavy (non-hydrogen) atoms. The van der Waals surface area contributed by atoms with Gasteiger partial charge in [-0.1, -0.05) is 0 Å². The highest BCUT2D eigenvalue weighted by molar-refractivity contribution is 8.00. The van der Waals surface area contributed by atoms with Gasteiger partial charge in [0.05, 0.1) is 44.8 Å². The van der Waals surface area contributed by atoms with E-state index in [0.717, 1.165) is 30.2 Å². The Morgan fingerprint density at radius 2 is 1.96 bits per heavy atom. The SMILES string of the molecule is COc1ccc(SCC(=O)N2CC[NH+]([C@@H]3CCS(=O)(=O)C3)CC2)cc1. The number of hydrogen-bond acceptors (Lipinski definition) is 5. The number of methoxy groups -OCH3 is 1. The van der Waals surface area contributed by atoms with E-state index in [9.17, 15) is 13.2 Å². The minimum Gasteiger partial charge on any atom is -0.497 e. The first kappa shape index (κ1) is 18.5. The van der Waals surface area contributed by atoms with Gasteiger partial charge < -0.3 is 14.5 Å². The Kier molecular flexibility index (Phi) is 5.91. The summed E-state index contributed by atoms with van der Waals surface area (Å²) < 4.78 is 28.4. The minimum absolute atomic E-state index is 0.152. The average molecular weight is 386 g/mol. The number of nitrogens with zero attached hydrogens (tertiary/aromatic N) is 1. The van der Waals surface area contributed by atoms with Crippen LogP contribution in [0.4, 0.5) is 0 Å². The third kappa shape index (κ3) is 4.89. The van der Waals surface area contributed by atoms with Crippen molar-refractivity contribution >= 4 is 27.5 Å². The van der Waals surface area contributed by atoms with Crippen molar-refractivity contribution in [2.45, 2.75) is 17.4 Å². The fraction of sp³-hybridized carbons (Fsp3) is 0.588. The van der Waals surface area contributed by atoms with Gasteiger partial charge >= 0.3 is 0 Å². The van der Waals surface area contributed by atoms with Gasteiger partial charge in [-0.3, -0.25) is 4.79 Å². The molecule has 0 saturated carbocycles. The highest BCUT2D eigenvalue weighted by Gasteiger charge is 2.37. The lowest BCUT2D eigenvalue weighted by atomic mass is 10.2. The molecule has 1 aromatic rings. The van der Waals surface area contributed by atoms with Crippen LogP contribution in [0, 0.1) is 0 Å². The van der Waals surface area contributed by atoms with E-state index < -0.39 is 9.84 Å². The number of amides is 1. The molecule has 1 amide bonds. The van der Waals surface area contributed by atoms with E-state index in [1.54, 1.807) is 7.11 Å². The van der Waals surface area contributed by atoms with Gasteiger partial charge in [0.2, 0.25) is 5.91 Å². The first-order valence-corrected chi connectivity index (χ1v) is 11.4. The highest BCUT2D eigenvalue weighted by Crippen LogP contribution is 2.21. The summed E-state index contributed by atoms with van der Waals surface area (Å²) in [7, 11) is -1.20. The Morgan fingerprint density at radius 3 is 2.52 bits per heavy atom. The minimum atomic E-state index is -2.83. The molecule has 0 aliphatic carbocycles. The molecule has 3 rings (SSSR count). The summed E-state index contributed by atoms with van der Waals surface area (Å²) in [4.78, 5) is 16.7. The van der Waals surface area contributed by atoms with E-state index in [1.165, 1.54) is 16.7 Å². The first-order chi connectivity index (χ1) is 12.0. The van der Waals surface area contributed by atoms with Gasteiger partial charge in [-0.2, -0.15) is 0 Å². The molecule has 0 aromatic heterocycles. The third-order valence-corrected chi connectivity index (χ3v) is 7.75. The predicted octanol–water partition coefficient (Wildman–Crippen LogP) is -0.298. The average Bonchev–Trinajstić information content (AvgIpc) is 3.00. The molecule has 2 heterocycles. The van der Waals surface area contributed by atoms with Crippen LogP contribution in [0.15, 0.2) is 29.2 Å². The number of ether oxygens (including phenoxy) is 1. The topological polar surface area (TPSA) is 68.1 Å². The molecule has 2 saturated heterocycles. The summed E-state index contributed by atoms with van der Waals surface area (Å²) in [6.45, 7) is 3.13. The summed E-state index contributed by atoms with van der Waals surface area (Å²) in [6.07, 6.45) is 0.763. The van der Waals surface area contributed by atoms with Gasteiger partial charge in [-0.05, 0) is 24.3 Å². The fourth-order valence-electron chi connectivity index (χ4n) is 3.48. The number of hydrogen-bond donors (Lipinski definition) is 1. The maximum atomic E-state index is 12.4. The molecule has 6 nitrogen and oxygen atoms in total. The number of rotatable bonds is 5. The molecule has 2 aliphatic heterocycles. The van der Waals surface area contributed by atoms with Crippen LogP contribution < -0.4 is 9.64 Å². The maximum Gasteiger partial charge on any atom is 0.233 e. The molecule has 8 heteroatoms. The summed E-state index contributed by atoms with van der Waals surface area (Å²) in [6, 6.07) is 7.92. The Labute approximate surface area is 153 Å². The van der Waals surface area contributed by atoms with Crippen LogP contribution in [0.1, 0.15) is 6.42 Å². The van der Waals surface area contributed by atoms with Crippen LogP contribution in [0.2, 0.25) is 0 Å². The molecule has 0 radical (unpaired) electrons. The zero-order valence-electron chi connectivity index (χ0n) is 14.4. The lowest BCUT2D eigenvalue weighted by molar-refractivity contribution is -0.925. The van der Waals surface area contributed by atoms with Gasteiger partial charge in [0.25, 0.3) is 0 Å². The first-order valence-electron chi connectivity index (χ1n) is 8.56. The largest absolute Gasteiger partial charge is 0.497 e. The second-order valence-electron chi connectivity index (χ2n) is 6.60. The molecule has 0 spiro atoms. The highest BCUT2D eigenvalue weighted by atomic mass is 32.2. The third-order valence-electron chi connectivity index (χ3n) is 4.99. The number of nitrogens with one attached hydrogen (secondary N) is 1. The Bertz CT molecular complexity index is 698. The van der Waals surface area contributed by atoms with Crippen molar-refractivity contribution in [3.8, 4) is 5.75 Å². The molecule has 1 atom stereocenters. The fourth-order valence-corrected chi connectivity index (χ4v) is 6.10. The summed E-state index contributed by atoms with van der Waals surface area (Å²) in [5.41, 5.74) is 0. The van der Waals surface area contributed by atoms with E-state index in [1.807, 2.05) is 29.2 Å². The van der Waals surface area contributed by atoms with E-state index in [4.69, 9.17) is 4.74 Å². The normalized spacial score (nSPS) is 23.6. The number of quaternary nitrogens is 1. The van der Waals surface area contributed by atoms with E-state index in [2.05, 4.69) is 0 Å². The molecular formula is C17H25N2O4S2+. The predicted molar refractivity (Wildman–Crippen MR) is 98.1 cm³/mol. The van der Waals surface area contributed by atoms with E-state index >= 15 is 0 Å². The number of carbonyl (C=O) groups is 1. The monoisotopic (exact) mass is 385 g/mol. The molecule has 1 aromatic carbocycles. The lowest BCUT2D eigenvalue weighted by Gasteiger charge is -2.35. The quantitative estimate of drug-likeness (QED) is 0.705. The number of sulfone groups is 1. The van der Waals surface area contributed by atoms with Crippen LogP contribution in [0.5, 0.6) is 5.75 Å². The molecule has 0 unspecified atom stereocenters. The molecule has 138 valence electrons. The maximum absolute atomic E-state index is 12.4. The van der Waals surface area contributed by atoms with Crippen molar-refractivity contribution in [1.82, 2.24) is 4.90 Å². The van der Waals surface area contributed by atoms with Crippen LogP contribution in [0.3, 0.4) is 0 Å². The molecule has 0 bridgehead atoms. The Hall–Kier alpha value is -1.25. The van der Waals surface area contributed by atoms with Gasteiger partial charge in [0.1, 0.15) is 17.5 Å². The smallest absolute Gasteiger partial charge is 0.233 e. The van der Waals surface area contributed by atoms with Crippen LogP contribution in [-0.4, -0.2) is 75.8 Å². The number of piperazine rings is 1. The van der Waals surface area contributed by atoms with E-state index in [-0.39, 0.29) is 11.9 Å². The van der Waals surface area contributed by atoms with E-state index in [0.29, 0.717) is 30.3 Å². The zero-order valence-corrected chi connectivity index (χ0v) is 16.1. The Balaban J connectivity index is 1.43. The van der Waals surface area contributed by atoms with Crippen molar-refractivity contribution in [1.29, 1.82) is 0 Å². The summed E-state index contributed by atoms with van der Waals surface area (Å²) >= 11 is 1.53. The number of benzene rings is 1. The molecular weight excluding hydrogens is 360 g/mol. The standard InChI is InChI=1S/C17H24N2O4S2/c1-23-15-2-4-16(5-3-15)24-12-17(20)19-9-7-18(8-10-19)14-6-11-25(21,22)13-14/h2-5,14H,6-13H2,1H3/p+1/t14-/m1/s1. The lowest BCUT2D eigenvalue weighted by Crippen LogP contribution is -3.18. The van der Waals surface area contributed by atoms with Crippen molar-refractivity contribution < 1.29 is 22.8 Å². The van der Waals surface area contributed by atoms with Gasteiger partial charge in [-0.25, -0.2) is 8.42 Å². The van der Waals surface area contributed by atoms with Crippen molar-refractivity contribution in [2.24, 2.45) is 0 Å². The molecule has 2 fully saturated rings. The van der Waals surface area contributed by atoms with Crippen molar-refractivity contribution in [3.05, 3.63) is 24.3 Å². The second kappa shape index (κ2) is 7.97. The van der Waals surface area contributed by atoms with Crippen molar-refractivity contribution in [2.75, 3.05) is 50.5 Å². The van der Waals surface area contributed by atoms with Gasteiger partial charge in [0, 0.05) is 11.3 Å². The van der Waals surface area contributed by atoms with Crippen molar-refractivity contribution in [3.63, 3.8) is 0 Å².